The number of hydrogen-bond acceptors (Lipinski definition) is 4. The molecular weight excluding hydrogens is 444 g/mol. The molecule has 1 heterocycles. The molecule has 0 saturated carbocycles. The molecule has 5 heteroatoms. The summed E-state index contributed by atoms with van der Waals surface area (Å²) in [5.74, 6) is 1.20. The molecule has 0 fully saturated rings. The molecule has 0 spiro atoms. The first-order valence-corrected chi connectivity index (χ1v) is 10.5. The standard InChI is InChI=1S/C25H25BrO4/c1-25(2,3)30-24(27)16-20-7-4-5-9-23(20)29-17-19-13-18(14-21(26)15-19)10-11-22-8-6-12-28-22/h4-15H,16-17H2,1-3H3/b11-10+. The fourth-order valence-electron chi connectivity index (χ4n) is 2.90. The van der Waals surface area contributed by atoms with Gasteiger partial charge in [0, 0.05) is 10.0 Å². The van der Waals surface area contributed by atoms with Crippen molar-refractivity contribution in [3.05, 3.63) is 87.8 Å². The summed E-state index contributed by atoms with van der Waals surface area (Å²) in [6, 6.07) is 17.4. The summed E-state index contributed by atoms with van der Waals surface area (Å²) in [5.41, 5.74) is 2.33. The topological polar surface area (TPSA) is 48.7 Å². The Morgan fingerprint density at radius 3 is 2.60 bits per heavy atom. The average molecular weight is 469 g/mol. The van der Waals surface area contributed by atoms with Crippen molar-refractivity contribution in [2.75, 3.05) is 0 Å². The number of hydrogen-bond donors (Lipinski definition) is 0. The van der Waals surface area contributed by atoms with Gasteiger partial charge in [0.25, 0.3) is 0 Å². The highest BCUT2D eigenvalue weighted by molar-refractivity contribution is 9.10. The van der Waals surface area contributed by atoms with Gasteiger partial charge in [0.15, 0.2) is 0 Å². The van der Waals surface area contributed by atoms with Crippen LogP contribution in [0.15, 0.2) is 69.8 Å². The van der Waals surface area contributed by atoms with Crippen molar-refractivity contribution in [2.24, 2.45) is 0 Å². The maximum Gasteiger partial charge on any atom is 0.310 e. The minimum Gasteiger partial charge on any atom is -0.489 e. The third-order valence-electron chi connectivity index (χ3n) is 4.08. The van der Waals surface area contributed by atoms with Gasteiger partial charge < -0.3 is 13.9 Å². The predicted molar refractivity (Wildman–Crippen MR) is 122 cm³/mol. The molecule has 3 rings (SSSR count). The maximum absolute atomic E-state index is 12.2. The first kappa shape index (κ1) is 21.9. The number of ether oxygens (including phenoxy) is 2. The summed E-state index contributed by atoms with van der Waals surface area (Å²) in [6.07, 6.45) is 5.73. The van der Waals surface area contributed by atoms with Gasteiger partial charge in [-0.2, -0.15) is 0 Å². The predicted octanol–water partition coefficient (Wildman–Crippen LogP) is 6.68. The van der Waals surface area contributed by atoms with E-state index in [0.29, 0.717) is 12.4 Å². The Balaban J connectivity index is 1.69. The van der Waals surface area contributed by atoms with Crippen molar-refractivity contribution in [2.45, 2.75) is 39.4 Å². The van der Waals surface area contributed by atoms with E-state index < -0.39 is 5.60 Å². The third-order valence-corrected chi connectivity index (χ3v) is 4.54. The second-order valence-electron chi connectivity index (χ2n) is 7.90. The Labute approximate surface area is 185 Å². The number of rotatable bonds is 7. The van der Waals surface area contributed by atoms with E-state index in [1.165, 1.54) is 0 Å². The minimum absolute atomic E-state index is 0.170. The van der Waals surface area contributed by atoms with Crippen molar-refractivity contribution in [3.63, 3.8) is 0 Å². The van der Waals surface area contributed by atoms with Crippen LogP contribution >= 0.6 is 15.9 Å². The molecule has 0 amide bonds. The van der Waals surface area contributed by atoms with E-state index in [9.17, 15) is 4.79 Å². The van der Waals surface area contributed by atoms with Crippen LogP contribution in [-0.2, 0) is 22.6 Å². The van der Waals surface area contributed by atoms with Gasteiger partial charge in [-0.25, -0.2) is 0 Å². The molecule has 0 aliphatic heterocycles. The monoisotopic (exact) mass is 468 g/mol. The largest absolute Gasteiger partial charge is 0.489 e. The van der Waals surface area contributed by atoms with E-state index in [1.807, 2.05) is 81.5 Å². The van der Waals surface area contributed by atoms with Crippen LogP contribution in [0.1, 0.15) is 43.2 Å². The average Bonchev–Trinajstić information content (AvgIpc) is 3.17. The van der Waals surface area contributed by atoms with Crippen LogP contribution in [0.2, 0.25) is 0 Å². The van der Waals surface area contributed by atoms with E-state index in [4.69, 9.17) is 13.9 Å². The van der Waals surface area contributed by atoms with Crippen LogP contribution in [0, 0.1) is 0 Å². The lowest BCUT2D eigenvalue weighted by Gasteiger charge is -2.20. The van der Waals surface area contributed by atoms with Crippen molar-refractivity contribution in [1.82, 2.24) is 0 Å². The Hall–Kier alpha value is -2.79. The van der Waals surface area contributed by atoms with Gasteiger partial charge in [-0.3, -0.25) is 4.79 Å². The van der Waals surface area contributed by atoms with E-state index >= 15 is 0 Å². The summed E-state index contributed by atoms with van der Waals surface area (Å²) in [5, 5.41) is 0. The van der Waals surface area contributed by atoms with Gasteiger partial charge >= 0.3 is 5.97 Å². The Morgan fingerprint density at radius 1 is 1.07 bits per heavy atom. The minimum atomic E-state index is -0.511. The molecule has 3 aromatic rings. The van der Waals surface area contributed by atoms with Crippen molar-refractivity contribution >= 4 is 34.1 Å². The summed E-state index contributed by atoms with van der Waals surface area (Å²) >= 11 is 3.56. The third kappa shape index (κ3) is 6.92. The maximum atomic E-state index is 12.2. The fourth-order valence-corrected chi connectivity index (χ4v) is 3.46. The van der Waals surface area contributed by atoms with Gasteiger partial charge in [0.1, 0.15) is 23.7 Å². The van der Waals surface area contributed by atoms with Gasteiger partial charge in [0.2, 0.25) is 0 Å². The molecule has 156 valence electrons. The number of benzene rings is 2. The van der Waals surface area contributed by atoms with Crippen LogP contribution in [0.3, 0.4) is 0 Å². The normalized spacial score (nSPS) is 11.6. The fraction of sp³-hybridized carbons (Fsp3) is 0.240. The quantitative estimate of drug-likeness (QED) is 0.363. The summed E-state index contributed by atoms with van der Waals surface area (Å²) < 4.78 is 17.8. The number of carbonyl (C=O) groups excluding carboxylic acids is 1. The molecule has 0 radical (unpaired) electrons. The van der Waals surface area contributed by atoms with Crippen molar-refractivity contribution in [3.8, 4) is 5.75 Å². The van der Waals surface area contributed by atoms with Crippen LogP contribution in [-0.4, -0.2) is 11.6 Å². The van der Waals surface area contributed by atoms with Gasteiger partial charge in [-0.15, -0.1) is 0 Å². The second kappa shape index (κ2) is 9.81. The molecule has 30 heavy (non-hydrogen) atoms. The lowest BCUT2D eigenvalue weighted by molar-refractivity contribution is -0.153. The highest BCUT2D eigenvalue weighted by Crippen LogP contribution is 2.23. The van der Waals surface area contributed by atoms with Crippen LogP contribution in [0.25, 0.3) is 12.2 Å². The van der Waals surface area contributed by atoms with E-state index in [-0.39, 0.29) is 12.4 Å². The molecule has 0 N–H and O–H groups in total. The Bertz CT molecular complexity index is 1010. The number of para-hydroxylation sites is 1. The Kier molecular flexibility index (Phi) is 7.16. The first-order valence-electron chi connectivity index (χ1n) is 9.72. The number of halogens is 1. The lowest BCUT2D eigenvalue weighted by atomic mass is 10.1. The molecule has 0 saturated heterocycles. The lowest BCUT2D eigenvalue weighted by Crippen LogP contribution is -2.25. The second-order valence-corrected chi connectivity index (χ2v) is 8.82. The van der Waals surface area contributed by atoms with E-state index in [1.54, 1.807) is 6.26 Å². The number of furan rings is 1. The molecule has 2 aromatic carbocycles. The molecule has 0 bridgehead atoms. The molecular formula is C25H25BrO4. The van der Waals surface area contributed by atoms with E-state index in [0.717, 1.165) is 26.9 Å². The highest BCUT2D eigenvalue weighted by Gasteiger charge is 2.18. The molecule has 4 nitrogen and oxygen atoms in total. The number of esters is 1. The zero-order chi connectivity index (χ0) is 21.6. The van der Waals surface area contributed by atoms with Crippen molar-refractivity contribution < 1.29 is 18.7 Å². The van der Waals surface area contributed by atoms with Gasteiger partial charge in [0.05, 0.1) is 12.7 Å². The SMILES string of the molecule is CC(C)(C)OC(=O)Cc1ccccc1OCc1cc(Br)cc(/C=C/c2ccco2)c1. The van der Waals surface area contributed by atoms with Crippen LogP contribution < -0.4 is 4.74 Å². The molecule has 0 atom stereocenters. The first-order chi connectivity index (χ1) is 14.3. The van der Waals surface area contributed by atoms with Gasteiger partial charge in [-0.1, -0.05) is 40.2 Å². The highest BCUT2D eigenvalue weighted by atomic mass is 79.9. The molecule has 1 aromatic heterocycles. The molecule has 0 aliphatic carbocycles. The molecule has 0 aliphatic rings. The Morgan fingerprint density at radius 2 is 1.87 bits per heavy atom. The smallest absolute Gasteiger partial charge is 0.310 e. The van der Waals surface area contributed by atoms with Crippen LogP contribution in [0.4, 0.5) is 0 Å². The zero-order valence-corrected chi connectivity index (χ0v) is 18.9. The van der Waals surface area contributed by atoms with Crippen LogP contribution in [0.5, 0.6) is 5.75 Å². The summed E-state index contributed by atoms with van der Waals surface area (Å²) in [7, 11) is 0. The summed E-state index contributed by atoms with van der Waals surface area (Å²) in [6.45, 7) is 5.96. The zero-order valence-electron chi connectivity index (χ0n) is 17.4. The molecule has 0 unspecified atom stereocenters. The van der Waals surface area contributed by atoms with Gasteiger partial charge in [-0.05, 0) is 74.4 Å². The summed E-state index contributed by atoms with van der Waals surface area (Å²) in [4.78, 5) is 12.2. The van der Waals surface area contributed by atoms with Crippen molar-refractivity contribution in [1.29, 1.82) is 0 Å². The van der Waals surface area contributed by atoms with E-state index in [2.05, 4.69) is 22.0 Å². The number of carbonyl (C=O) groups is 1.